The quantitative estimate of drug-likeness (QED) is 0.340. The minimum Gasteiger partial charge on any atom is -0.397 e. The van der Waals surface area contributed by atoms with E-state index in [1.165, 1.54) is 36.7 Å². The Balaban J connectivity index is 1.13. The van der Waals surface area contributed by atoms with Gasteiger partial charge in [-0.1, -0.05) is 18.0 Å². The molecule has 15 heteroatoms. The van der Waals surface area contributed by atoms with Gasteiger partial charge in [0, 0.05) is 55.6 Å². The number of carbonyl (C=O) groups excluding carboxylic acids is 3. The highest BCUT2D eigenvalue weighted by atomic mass is 35.5. The standard InChI is InChI=1S/C32H41ClF3N7O3S/c33-25-15-20(14-24(28(25)37)32(34,35)36)16-26(29(44)41-10-4-22(5-11-41)40-8-2-1-3-9-40)38-30(45)42-12-6-23(7-13-42)43-17-21-18-47-19-27(21)39-31(43)46/h14-15,18-19,22-23,26H,1-13,16-17,37H2,(H,38,45)(H,39,46)/t26-/m1/s1. The minimum absolute atomic E-state index is 0.0524. The van der Waals surface area contributed by atoms with Crippen molar-refractivity contribution in [2.24, 2.45) is 0 Å². The number of hydrogen-bond donors (Lipinski definition) is 3. The van der Waals surface area contributed by atoms with Crippen molar-refractivity contribution in [2.45, 2.75) is 82.2 Å². The predicted molar refractivity (Wildman–Crippen MR) is 175 cm³/mol. The first kappa shape index (κ1) is 33.7. The van der Waals surface area contributed by atoms with Crippen LogP contribution in [0.5, 0.6) is 0 Å². The molecule has 1 aromatic heterocycles. The number of nitrogens with one attached hydrogen (secondary N) is 2. The number of rotatable bonds is 6. The summed E-state index contributed by atoms with van der Waals surface area (Å²) < 4.78 is 41.3. The Morgan fingerprint density at radius 2 is 1.64 bits per heavy atom. The van der Waals surface area contributed by atoms with E-state index in [-0.39, 0.29) is 35.0 Å². The largest absolute Gasteiger partial charge is 0.418 e. The van der Waals surface area contributed by atoms with E-state index in [0.717, 1.165) is 43.2 Å². The third kappa shape index (κ3) is 7.59. The fourth-order valence-corrected chi connectivity index (χ4v) is 8.35. The SMILES string of the molecule is Nc1c(Cl)cc(C[C@@H](NC(=O)N2CCC(N3Cc4cscc4NC3=O)CC2)C(=O)N2CCC(N3CCCCC3)CC2)cc1C(F)(F)F. The molecular formula is C32H41ClF3N7O3S. The molecule has 0 saturated carbocycles. The van der Waals surface area contributed by atoms with Crippen molar-refractivity contribution >= 4 is 52.3 Å². The van der Waals surface area contributed by atoms with Crippen LogP contribution in [0.1, 0.15) is 61.6 Å². The third-order valence-corrected chi connectivity index (χ3v) is 11.1. The highest BCUT2D eigenvalue weighted by Gasteiger charge is 2.38. The zero-order valence-electron chi connectivity index (χ0n) is 26.2. The fraction of sp³-hybridized carbons (Fsp3) is 0.594. The number of likely N-dealkylation sites (tertiary alicyclic amines) is 3. The van der Waals surface area contributed by atoms with Gasteiger partial charge in [0.1, 0.15) is 6.04 Å². The summed E-state index contributed by atoms with van der Waals surface area (Å²) in [6, 6.07) is 0.854. The van der Waals surface area contributed by atoms with Gasteiger partial charge in [-0.3, -0.25) is 4.79 Å². The smallest absolute Gasteiger partial charge is 0.397 e. The summed E-state index contributed by atoms with van der Waals surface area (Å²) >= 11 is 7.64. The number of amides is 5. The number of anilines is 2. The summed E-state index contributed by atoms with van der Waals surface area (Å²) in [4.78, 5) is 47.9. The molecular weight excluding hydrogens is 655 g/mol. The number of nitrogen functional groups attached to an aromatic ring is 1. The third-order valence-electron chi connectivity index (χ3n) is 9.99. The molecule has 0 unspecified atom stereocenters. The van der Waals surface area contributed by atoms with E-state index in [1.54, 1.807) is 14.7 Å². The summed E-state index contributed by atoms with van der Waals surface area (Å²) in [6.07, 6.45) is 1.42. The summed E-state index contributed by atoms with van der Waals surface area (Å²) in [5, 5.41) is 9.45. The molecule has 0 radical (unpaired) electrons. The molecule has 0 aliphatic carbocycles. The minimum atomic E-state index is -4.73. The normalized spacial score (nSPS) is 20.9. The van der Waals surface area contributed by atoms with E-state index < -0.39 is 29.5 Å². The first-order valence-electron chi connectivity index (χ1n) is 16.3. The van der Waals surface area contributed by atoms with Crippen molar-refractivity contribution in [3.63, 3.8) is 0 Å². The highest BCUT2D eigenvalue weighted by molar-refractivity contribution is 7.08. The Morgan fingerprint density at radius 3 is 2.32 bits per heavy atom. The summed E-state index contributed by atoms with van der Waals surface area (Å²) in [6.45, 7) is 4.39. The van der Waals surface area contributed by atoms with E-state index >= 15 is 0 Å². The van der Waals surface area contributed by atoms with E-state index in [4.69, 9.17) is 17.3 Å². The first-order valence-corrected chi connectivity index (χ1v) is 17.7. The lowest BCUT2D eigenvalue weighted by molar-refractivity contribution is -0.137. The highest BCUT2D eigenvalue weighted by Crippen LogP contribution is 2.38. The van der Waals surface area contributed by atoms with Crippen molar-refractivity contribution in [1.29, 1.82) is 0 Å². The number of nitrogens with zero attached hydrogens (tertiary/aromatic N) is 4. The van der Waals surface area contributed by atoms with Gasteiger partial charge in [0.25, 0.3) is 0 Å². The molecule has 4 aliphatic heterocycles. The summed E-state index contributed by atoms with van der Waals surface area (Å²) in [5.41, 5.74) is 6.06. The second kappa shape index (κ2) is 14.1. The maximum absolute atomic E-state index is 14.0. The molecule has 47 heavy (non-hydrogen) atoms. The van der Waals surface area contributed by atoms with Crippen LogP contribution < -0.4 is 16.4 Å². The lowest BCUT2D eigenvalue weighted by Gasteiger charge is -2.41. The number of benzene rings is 1. The van der Waals surface area contributed by atoms with Crippen LogP contribution in [0.2, 0.25) is 5.02 Å². The predicted octanol–water partition coefficient (Wildman–Crippen LogP) is 5.61. The number of hydrogen-bond acceptors (Lipinski definition) is 6. The van der Waals surface area contributed by atoms with Crippen LogP contribution in [-0.4, -0.2) is 95.0 Å². The Kier molecular flexibility index (Phi) is 10.1. The lowest BCUT2D eigenvalue weighted by atomic mass is 9.97. The zero-order chi connectivity index (χ0) is 33.3. The number of urea groups is 2. The Labute approximate surface area is 281 Å². The summed E-state index contributed by atoms with van der Waals surface area (Å²) in [5.74, 6) is -0.330. The van der Waals surface area contributed by atoms with Crippen molar-refractivity contribution in [2.75, 3.05) is 50.3 Å². The van der Waals surface area contributed by atoms with E-state index in [1.807, 2.05) is 10.8 Å². The zero-order valence-corrected chi connectivity index (χ0v) is 27.7. The van der Waals surface area contributed by atoms with Crippen molar-refractivity contribution < 1.29 is 27.6 Å². The second-order valence-corrected chi connectivity index (χ2v) is 14.1. The molecule has 4 N–H and O–H groups in total. The van der Waals surface area contributed by atoms with Crippen molar-refractivity contribution in [1.82, 2.24) is 24.9 Å². The van der Waals surface area contributed by atoms with Crippen LogP contribution in [-0.2, 0) is 23.9 Å². The molecule has 1 aromatic carbocycles. The van der Waals surface area contributed by atoms with Crippen LogP contribution in [0.4, 0.5) is 34.1 Å². The van der Waals surface area contributed by atoms with Gasteiger partial charge in [-0.25, -0.2) is 9.59 Å². The second-order valence-electron chi connectivity index (χ2n) is 13.0. The number of fused-ring (bicyclic) bond motifs is 1. The first-order chi connectivity index (χ1) is 22.5. The Hall–Kier alpha value is -3.23. The van der Waals surface area contributed by atoms with Crippen molar-refractivity contribution in [3.8, 4) is 0 Å². The molecule has 1 atom stereocenters. The summed E-state index contributed by atoms with van der Waals surface area (Å²) in [7, 11) is 0. The average Bonchev–Trinajstić information content (AvgIpc) is 3.52. The monoisotopic (exact) mass is 695 g/mol. The lowest BCUT2D eigenvalue weighted by Crippen LogP contribution is -2.57. The molecule has 2 aromatic rings. The van der Waals surface area contributed by atoms with E-state index in [9.17, 15) is 27.6 Å². The van der Waals surface area contributed by atoms with E-state index in [0.29, 0.717) is 51.6 Å². The molecule has 256 valence electrons. The van der Waals surface area contributed by atoms with Gasteiger partial charge in [-0.2, -0.15) is 13.2 Å². The molecule has 5 heterocycles. The molecule has 3 fully saturated rings. The maximum Gasteiger partial charge on any atom is 0.418 e. The fourth-order valence-electron chi connectivity index (χ4n) is 7.33. The number of piperidine rings is 3. The van der Waals surface area contributed by atoms with Crippen LogP contribution in [0.25, 0.3) is 0 Å². The van der Waals surface area contributed by atoms with Gasteiger partial charge in [0.05, 0.1) is 28.5 Å². The Morgan fingerprint density at radius 1 is 0.979 bits per heavy atom. The van der Waals surface area contributed by atoms with Gasteiger partial charge in [0.15, 0.2) is 0 Å². The van der Waals surface area contributed by atoms with Gasteiger partial charge in [-0.05, 0) is 74.7 Å². The van der Waals surface area contributed by atoms with Gasteiger partial charge < -0.3 is 36.0 Å². The van der Waals surface area contributed by atoms with Gasteiger partial charge >= 0.3 is 18.2 Å². The molecule has 6 rings (SSSR count). The van der Waals surface area contributed by atoms with Crippen LogP contribution >= 0.6 is 22.9 Å². The average molecular weight is 696 g/mol. The number of halogens is 4. The number of alkyl halides is 3. The van der Waals surface area contributed by atoms with E-state index in [2.05, 4.69) is 15.5 Å². The Bertz CT molecular complexity index is 1470. The maximum atomic E-state index is 14.0. The van der Waals surface area contributed by atoms with Gasteiger partial charge in [-0.15, -0.1) is 11.3 Å². The number of nitrogens with two attached hydrogens (primary N) is 1. The van der Waals surface area contributed by atoms with Gasteiger partial charge in [0.2, 0.25) is 5.91 Å². The van der Waals surface area contributed by atoms with Crippen molar-refractivity contribution in [3.05, 3.63) is 44.6 Å². The topological polar surface area (TPSA) is 114 Å². The molecule has 3 saturated heterocycles. The molecule has 0 bridgehead atoms. The molecule has 5 amide bonds. The molecule has 4 aliphatic rings. The molecule has 10 nitrogen and oxygen atoms in total. The van der Waals surface area contributed by atoms with Crippen LogP contribution in [0.15, 0.2) is 22.9 Å². The number of carbonyl (C=O) groups is 3. The van der Waals surface area contributed by atoms with Crippen LogP contribution in [0.3, 0.4) is 0 Å². The molecule has 0 spiro atoms. The number of thiophene rings is 1. The van der Waals surface area contributed by atoms with Crippen LogP contribution in [0, 0.1) is 0 Å².